The lowest BCUT2D eigenvalue weighted by molar-refractivity contribution is 0.0827. The van der Waals surface area contributed by atoms with Gasteiger partial charge < -0.3 is 10.2 Å². The van der Waals surface area contributed by atoms with E-state index < -0.39 is 0 Å². The average molecular weight is 326 g/mol. The summed E-state index contributed by atoms with van der Waals surface area (Å²) in [5, 5.41) is 4.39. The van der Waals surface area contributed by atoms with E-state index in [1.165, 1.54) is 10.4 Å². The number of fused-ring (bicyclic) bond motifs is 1. The lowest BCUT2D eigenvalue weighted by Crippen LogP contribution is -2.21. The third kappa shape index (κ3) is 2.90. The van der Waals surface area contributed by atoms with E-state index in [9.17, 15) is 4.79 Å². The first-order valence-corrected chi connectivity index (χ1v) is 8.08. The number of amides is 1. The number of anilines is 2. The summed E-state index contributed by atoms with van der Waals surface area (Å²) in [6, 6.07) is 7.40. The van der Waals surface area contributed by atoms with Gasteiger partial charge in [-0.25, -0.2) is 9.97 Å². The van der Waals surface area contributed by atoms with Crippen molar-refractivity contribution >= 4 is 39.0 Å². The van der Waals surface area contributed by atoms with Crippen molar-refractivity contribution in [2.75, 3.05) is 19.4 Å². The Balaban J connectivity index is 1.92. The molecule has 1 amide bonds. The molecule has 0 spiro atoms. The number of rotatable bonds is 3. The molecule has 118 valence electrons. The molecule has 23 heavy (non-hydrogen) atoms. The van der Waals surface area contributed by atoms with Gasteiger partial charge in [-0.15, -0.1) is 11.3 Å². The predicted octanol–water partition coefficient (Wildman–Crippen LogP) is 3.75. The molecule has 5 nitrogen and oxygen atoms in total. The van der Waals surface area contributed by atoms with Crippen molar-refractivity contribution in [3.8, 4) is 0 Å². The smallest absolute Gasteiger partial charge is 0.253 e. The topological polar surface area (TPSA) is 58.1 Å². The average Bonchev–Trinajstić information content (AvgIpc) is 2.83. The van der Waals surface area contributed by atoms with Gasteiger partial charge in [-0.05, 0) is 43.7 Å². The highest BCUT2D eigenvalue weighted by atomic mass is 32.1. The highest BCUT2D eigenvalue weighted by Crippen LogP contribution is 2.33. The zero-order valence-corrected chi connectivity index (χ0v) is 14.4. The highest BCUT2D eigenvalue weighted by molar-refractivity contribution is 7.18. The molecular weight excluding hydrogens is 308 g/mol. The van der Waals surface area contributed by atoms with Gasteiger partial charge in [0.15, 0.2) is 0 Å². The number of aromatic nitrogens is 2. The van der Waals surface area contributed by atoms with Crippen LogP contribution in [0.15, 0.2) is 30.6 Å². The molecule has 0 aliphatic carbocycles. The molecule has 0 radical (unpaired) electrons. The van der Waals surface area contributed by atoms with E-state index in [4.69, 9.17) is 0 Å². The Labute approximate surface area is 139 Å². The first-order valence-electron chi connectivity index (χ1n) is 7.27. The zero-order chi connectivity index (χ0) is 16.6. The summed E-state index contributed by atoms with van der Waals surface area (Å²) in [7, 11) is 3.49. The molecule has 0 aliphatic rings. The maximum atomic E-state index is 11.9. The third-order valence-corrected chi connectivity index (χ3v) is 4.88. The minimum atomic E-state index is -0.00900. The van der Waals surface area contributed by atoms with Gasteiger partial charge in [0.25, 0.3) is 5.91 Å². The van der Waals surface area contributed by atoms with Gasteiger partial charge in [-0.3, -0.25) is 4.79 Å². The quantitative estimate of drug-likeness (QED) is 0.796. The Hall–Kier alpha value is -2.47. The standard InChI is InChI=1S/C17H18N4OS/c1-10-11(2)23-16-14(10)15(18-9-19-16)20-13-7-5-12(6-8-13)17(22)21(3)4/h5-9H,1-4H3,(H,18,19,20). The third-order valence-electron chi connectivity index (χ3n) is 3.77. The van der Waals surface area contributed by atoms with E-state index in [1.54, 1.807) is 36.7 Å². The van der Waals surface area contributed by atoms with Gasteiger partial charge in [0.1, 0.15) is 17.0 Å². The first kappa shape index (κ1) is 15.4. The lowest BCUT2D eigenvalue weighted by Gasteiger charge is -2.11. The van der Waals surface area contributed by atoms with Crippen LogP contribution >= 0.6 is 11.3 Å². The van der Waals surface area contributed by atoms with Gasteiger partial charge >= 0.3 is 0 Å². The van der Waals surface area contributed by atoms with Crippen molar-refractivity contribution in [1.29, 1.82) is 0 Å². The van der Waals surface area contributed by atoms with Crippen LogP contribution in [0.5, 0.6) is 0 Å². The molecule has 2 aromatic heterocycles. The van der Waals surface area contributed by atoms with Crippen molar-refractivity contribution in [3.63, 3.8) is 0 Å². The van der Waals surface area contributed by atoms with Crippen LogP contribution < -0.4 is 5.32 Å². The summed E-state index contributed by atoms with van der Waals surface area (Å²) in [5.74, 6) is 0.786. The van der Waals surface area contributed by atoms with E-state index in [-0.39, 0.29) is 5.91 Å². The van der Waals surface area contributed by atoms with Crippen molar-refractivity contribution in [3.05, 3.63) is 46.6 Å². The molecule has 1 N–H and O–H groups in total. The molecular formula is C17H18N4OS. The number of carbonyl (C=O) groups is 1. The maximum absolute atomic E-state index is 11.9. The van der Waals surface area contributed by atoms with Gasteiger partial charge in [-0.1, -0.05) is 0 Å². The van der Waals surface area contributed by atoms with Crippen molar-refractivity contribution in [1.82, 2.24) is 14.9 Å². The number of benzene rings is 1. The second-order valence-corrected chi connectivity index (χ2v) is 6.79. The van der Waals surface area contributed by atoms with Gasteiger partial charge in [0.05, 0.1) is 5.39 Å². The number of thiophene rings is 1. The van der Waals surface area contributed by atoms with Crippen molar-refractivity contribution in [2.45, 2.75) is 13.8 Å². The van der Waals surface area contributed by atoms with Gasteiger partial charge in [0, 0.05) is 30.2 Å². The molecule has 2 heterocycles. The van der Waals surface area contributed by atoms with Crippen LogP contribution in [0.1, 0.15) is 20.8 Å². The molecule has 0 aliphatic heterocycles. The molecule has 0 atom stereocenters. The van der Waals surface area contributed by atoms with Crippen LogP contribution in [0.3, 0.4) is 0 Å². The van der Waals surface area contributed by atoms with E-state index in [2.05, 4.69) is 29.1 Å². The molecule has 3 rings (SSSR count). The first-order chi connectivity index (χ1) is 11.0. The summed E-state index contributed by atoms with van der Waals surface area (Å²) in [6.45, 7) is 4.18. The zero-order valence-electron chi connectivity index (χ0n) is 13.5. The Morgan fingerprint density at radius 3 is 2.48 bits per heavy atom. The molecule has 0 saturated carbocycles. The van der Waals surface area contributed by atoms with Crippen LogP contribution in [0.4, 0.5) is 11.5 Å². The fourth-order valence-corrected chi connectivity index (χ4v) is 3.37. The minimum absolute atomic E-state index is 0.00900. The van der Waals surface area contributed by atoms with Crippen molar-refractivity contribution < 1.29 is 4.79 Å². The molecule has 0 saturated heterocycles. The number of hydrogen-bond donors (Lipinski definition) is 1. The largest absolute Gasteiger partial charge is 0.345 e. The number of nitrogens with zero attached hydrogens (tertiary/aromatic N) is 3. The minimum Gasteiger partial charge on any atom is -0.345 e. The Morgan fingerprint density at radius 2 is 1.83 bits per heavy atom. The molecule has 6 heteroatoms. The fourth-order valence-electron chi connectivity index (χ4n) is 2.37. The normalized spacial score (nSPS) is 10.8. The van der Waals surface area contributed by atoms with Crippen LogP contribution in [0.25, 0.3) is 10.2 Å². The van der Waals surface area contributed by atoms with E-state index in [0.29, 0.717) is 5.56 Å². The van der Waals surface area contributed by atoms with Crippen LogP contribution in [0, 0.1) is 13.8 Å². The van der Waals surface area contributed by atoms with E-state index >= 15 is 0 Å². The van der Waals surface area contributed by atoms with E-state index in [1.807, 2.05) is 24.3 Å². The fraction of sp³-hybridized carbons (Fsp3) is 0.235. The summed E-state index contributed by atoms with van der Waals surface area (Å²) < 4.78 is 0. The number of carbonyl (C=O) groups excluding carboxylic acids is 1. The molecule has 1 aromatic carbocycles. The summed E-state index contributed by atoms with van der Waals surface area (Å²) in [4.78, 5) is 24.4. The van der Waals surface area contributed by atoms with Crippen LogP contribution in [-0.2, 0) is 0 Å². The Kier molecular flexibility index (Phi) is 4.00. The second kappa shape index (κ2) is 5.96. The molecule has 0 fully saturated rings. The molecule has 0 bridgehead atoms. The Bertz CT molecular complexity index is 868. The number of nitrogens with one attached hydrogen (secondary N) is 1. The van der Waals surface area contributed by atoms with Crippen LogP contribution in [-0.4, -0.2) is 34.9 Å². The molecule has 3 aromatic rings. The van der Waals surface area contributed by atoms with Crippen LogP contribution in [0.2, 0.25) is 0 Å². The van der Waals surface area contributed by atoms with Gasteiger partial charge in [-0.2, -0.15) is 0 Å². The summed E-state index contributed by atoms with van der Waals surface area (Å²) in [5.41, 5.74) is 2.76. The monoisotopic (exact) mass is 326 g/mol. The number of hydrogen-bond acceptors (Lipinski definition) is 5. The number of aryl methyl sites for hydroxylation is 2. The maximum Gasteiger partial charge on any atom is 0.253 e. The van der Waals surface area contributed by atoms with E-state index in [0.717, 1.165) is 21.7 Å². The Morgan fingerprint density at radius 1 is 1.13 bits per heavy atom. The SMILES string of the molecule is Cc1sc2ncnc(Nc3ccc(C(=O)N(C)C)cc3)c2c1C. The lowest BCUT2D eigenvalue weighted by atomic mass is 10.1. The van der Waals surface area contributed by atoms with Gasteiger partial charge in [0.2, 0.25) is 0 Å². The highest BCUT2D eigenvalue weighted by Gasteiger charge is 2.12. The summed E-state index contributed by atoms with van der Waals surface area (Å²) >= 11 is 1.67. The van der Waals surface area contributed by atoms with Crippen molar-refractivity contribution in [2.24, 2.45) is 0 Å². The molecule has 0 unspecified atom stereocenters. The predicted molar refractivity (Wildman–Crippen MR) is 94.6 cm³/mol. The second-order valence-electron chi connectivity index (χ2n) is 5.59. The summed E-state index contributed by atoms with van der Waals surface area (Å²) in [6.07, 6.45) is 1.57.